The van der Waals surface area contributed by atoms with Crippen LogP contribution in [0.5, 0.6) is 0 Å². The van der Waals surface area contributed by atoms with E-state index in [9.17, 15) is 4.79 Å². The van der Waals surface area contributed by atoms with Crippen molar-refractivity contribution in [3.63, 3.8) is 0 Å². The lowest BCUT2D eigenvalue weighted by Gasteiger charge is -2.07. The van der Waals surface area contributed by atoms with E-state index < -0.39 is 0 Å². The molecule has 5 rings (SSSR count). The van der Waals surface area contributed by atoms with Gasteiger partial charge in [0.05, 0.1) is 12.0 Å². The fourth-order valence-electron chi connectivity index (χ4n) is 3.51. The summed E-state index contributed by atoms with van der Waals surface area (Å²) in [5.41, 5.74) is 4.26. The molecule has 0 saturated heterocycles. The summed E-state index contributed by atoms with van der Waals surface area (Å²) < 4.78 is 3.83. The van der Waals surface area contributed by atoms with E-state index in [0.29, 0.717) is 18.2 Å². The van der Waals surface area contributed by atoms with Crippen LogP contribution in [-0.2, 0) is 6.54 Å². The first-order chi connectivity index (χ1) is 14.3. The van der Waals surface area contributed by atoms with Gasteiger partial charge in [-0.15, -0.1) is 0 Å². The van der Waals surface area contributed by atoms with E-state index in [1.54, 1.807) is 18.6 Å². The van der Waals surface area contributed by atoms with Gasteiger partial charge in [0.1, 0.15) is 0 Å². The molecule has 0 radical (unpaired) electrons. The number of nitrogens with one attached hydrogen (secondary N) is 1. The molecule has 1 aliphatic carbocycles. The van der Waals surface area contributed by atoms with Crippen LogP contribution in [0.3, 0.4) is 0 Å². The molecule has 1 amide bonds. The number of aryl methyl sites for hydroxylation is 1. The van der Waals surface area contributed by atoms with Crippen molar-refractivity contribution in [2.45, 2.75) is 31.7 Å². The highest BCUT2D eigenvalue weighted by Crippen LogP contribution is 2.41. The molecule has 29 heavy (non-hydrogen) atoms. The molecule has 3 heterocycles. The lowest BCUT2D eigenvalue weighted by Crippen LogP contribution is -2.25. The van der Waals surface area contributed by atoms with Gasteiger partial charge in [-0.25, -0.2) is 14.5 Å². The number of amides is 1. The summed E-state index contributed by atoms with van der Waals surface area (Å²) in [5.74, 6) is 0.332. The van der Waals surface area contributed by atoms with Crippen molar-refractivity contribution < 1.29 is 4.79 Å². The van der Waals surface area contributed by atoms with E-state index in [1.807, 2.05) is 33.5 Å². The molecule has 0 atom stereocenters. The van der Waals surface area contributed by atoms with Crippen LogP contribution in [0.25, 0.3) is 16.9 Å². The van der Waals surface area contributed by atoms with Crippen LogP contribution in [0.4, 0.5) is 0 Å². The molecule has 0 unspecified atom stereocenters. The van der Waals surface area contributed by atoms with Gasteiger partial charge in [0.2, 0.25) is 0 Å². The summed E-state index contributed by atoms with van der Waals surface area (Å²) >= 11 is 0. The quantitative estimate of drug-likeness (QED) is 0.495. The summed E-state index contributed by atoms with van der Waals surface area (Å²) in [5, 5.41) is 7.52. The third-order valence-corrected chi connectivity index (χ3v) is 5.19. The number of rotatable bonds is 7. The second-order valence-electron chi connectivity index (χ2n) is 7.42. The Morgan fingerprint density at radius 3 is 2.79 bits per heavy atom. The molecule has 1 fully saturated rings. The number of aromatic nitrogens is 5. The highest BCUT2D eigenvalue weighted by atomic mass is 16.1. The van der Waals surface area contributed by atoms with Gasteiger partial charge in [0, 0.05) is 48.7 Å². The van der Waals surface area contributed by atoms with Crippen molar-refractivity contribution in [3.05, 3.63) is 72.6 Å². The van der Waals surface area contributed by atoms with E-state index in [2.05, 4.69) is 33.6 Å². The monoisotopic (exact) mass is 386 g/mol. The topological polar surface area (TPSA) is 77.1 Å². The Bertz CT molecular complexity index is 1130. The van der Waals surface area contributed by atoms with Crippen LogP contribution in [0.15, 0.2) is 61.2 Å². The lowest BCUT2D eigenvalue weighted by molar-refractivity contribution is 0.0947. The first-order valence-corrected chi connectivity index (χ1v) is 9.98. The first-order valence-electron chi connectivity index (χ1n) is 9.98. The summed E-state index contributed by atoms with van der Waals surface area (Å²) in [4.78, 5) is 21.4. The van der Waals surface area contributed by atoms with Crippen LogP contribution in [0.2, 0.25) is 0 Å². The number of hydrogen-bond donors (Lipinski definition) is 1. The Kier molecular flexibility index (Phi) is 4.56. The van der Waals surface area contributed by atoms with Crippen LogP contribution in [0.1, 0.15) is 41.4 Å². The molecular formula is C22H22N6O. The molecule has 7 heteroatoms. The Balaban J connectivity index is 1.36. The van der Waals surface area contributed by atoms with E-state index in [4.69, 9.17) is 4.98 Å². The van der Waals surface area contributed by atoms with E-state index in [0.717, 1.165) is 48.4 Å². The normalized spacial score (nSPS) is 13.7. The van der Waals surface area contributed by atoms with Gasteiger partial charge in [-0.1, -0.05) is 30.3 Å². The van der Waals surface area contributed by atoms with Crippen molar-refractivity contribution in [1.82, 2.24) is 29.5 Å². The maximum absolute atomic E-state index is 12.6. The average Bonchev–Trinajstić information content (AvgIpc) is 3.29. The Hall–Kier alpha value is -3.48. The molecule has 4 aromatic rings. The number of benzene rings is 1. The fourth-order valence-corrected chi connectivity index (χ4v) is 3.51. The Morgan fingerprint density at radius 2 is 2.03 bits per heavy atom. The average molecular weight is 386 g/mol. The fraction of sp³-hybridized carbons (Fsp3) is 0.273. The maximum Gasteiger partial charge on any atom is 0.271 e. The van der Waals surface area contributed by atoms with Gasteiger partial charge in [0.25, 0.3) is 5.91 Å². The molecule has 0 bridgehead atoms. The molecule has 1 aromatic carbocycles. The van der Waals surface area contributed by atoms with Crippen molar-refractivity contribution in [2.24, 2.45) is 0 Å². The minimum atomic E-state index is -0.163. The number of fused-ring (bicyclic) bond motifs is 1. The highest BCUT2D eigenvalue weighted by Gasteiger charge is 2.28. The van der Waals surface area contributed by atoms with E-state index in [1.165, 1.54) is 0 Å². The van der Waals surface area contributed by atoms with Crippen molar-refractivity contribution in [1.29, 1.82) is 0 Å². The number of carbonyl (C=O) groups is 1. The van der Waals surface area contributed by atoms with Crippen LogP contribution >= 0.6 is 0 Å². The minimum Gasteiger partial charge on any atom is -0.351 e. The van der Waals surface area contributed by atoms with Gasteiger partial charge < -0.3 is 9.88 Å². The second kappa shape index (κ2) is 7.50. The van der Waals surface area contributed by atoms with E-state index >= 15 is 0 Å². The Labute approximate surface area is 168 Å². The molecule has 1 aliphatic rings. The molecule has 0 aliphatic heterocycles. The summed E-state index contributed by atoms with van der Waals surface area (Å²) in [6, 6.07) is 14.0. The molecule has 7 nitrogen and oxygen atoms in total. The standard InChI is InChI=1S/C22H22N6O/c29-22(24-9-4-11-27-12-10-23-15-27)19-14-21-25-18(16-5-2-1-3-6-16)13-20(17-7-8-17)28(21)26-19/h1-3,5-6,10,12-15,17H,4,7-9,11H2,(H,24,29). The predicted molar refractivity (Wildman–Crippen MR) is 110 cm³/mol. The van der Waals surface area contributed by atoms with Crippen LogP contribution < -0.4 is 5.32 Å². The molecule has 3 aromatic heterocycles. The van der Waals surface area contributed by atoms with Gasteiger partial charge in [-0.05, 0) is 25.3 Å². The summed E-state index contributed by atoms with van der Waals surface area (Å²) in [6.07, 6.45) is 8.59. The molecular weight excluding hydrogens is 364 g/mol. The van der Waals surface area contributed by atoms with Crippen molar-refractivity contribution in [3.8, 4) is 11.3 Å². The highest BCUT2D eigenvalue weighted by molar-refractivity contribution is 5.93. The maximum atomic E-state index is 12.6. The zero-order valence-corrected chi connectivity index (χ0v) is 16.0. The first kappa shape index (κ1) is 17.6. The number of hydrogen-bond acceptors (Lipinski definition) is 4. The zero-order chi connectivity index (χ0) is 19.6. The van der Waals surface area contributed by atoms with Gasteiger partial charge in [-0.2, -0.15) is 5.10 Å². The van der Waals surface area contributed by atoms with Crippen LogP contribution in [0, 0.1) is 0 Å². The Morgan fingerprint density at radius 1 is 1.17 bits per heavy atom. The van der Waals surface area contributed by atoms with Crippen molar-refractivity contribution in [2.75, 3.05) is 6.54 Å². The number of imidazole rings is 1. The minimum absolute atomic E-state index is 0.163. The van der Waals surface area contributed by atoms with E-state index in [-0.39, 0.29) is 5.91 Å². The largest absolute Gasteiger partial charge is 0.351 e. The summed E-state index contributed by atoms with van der Waals surface area (Å²) in [6.45, 7) is 1.41. The number of nitrogens with zero attached hydrogens (tertiary/aromatic N) is 5. The predicted octanol–water partition coefficient (Wildman–Crippen LogP) is 3.29. The van der Waals surface area contributed by atoms with Gasteiger partial charge in [0.15, 0.2) is 11.3 Å². The zero-order valence-electron chi connectivity index (χ0n) is 16.0. The molecule has 0 spiro atoms. The van der Waals surface area contributed by atoms with Gasteiger partial charge in [-0.3, -0.25) is 4.79 Å². The number of carbonyl (C=O) groups excluding carboxylic acids is 1. The molecule has 146 valence electrons. The van der Waals surface area contributed by atoms with Crippen molar-refractivity contribution >= 4 is 11.6 Å². The third-order valence-electron chi connectivity index (χ3n) is 5.19. The molecule has 1 saturated carbocycles. The molecule has 1 N–H and O–H groups in total. The lowest BCUT2D eigenvalue weighted by atomic mass is 10.1. The summed E-state index contributed by atoms with van der Waals surface area (Å²) in [7, 11) is 0. The van der Waals surface area contributed by atoms with Crippen LogP contribution in [-0.4, -0.2) is 36.6 Å². The SMILES string of the molecule is O=C(NCCCn1ccnc1)c1cc2nc(-c3ccccc3)cc(C3CC3)n2n1. The third kappa shape index (κ3) is 3.76. The second-order valence-corrected chi connectivity index (χ2v) is 7.42. The van der Waals surface area contributed by atoms with Gasteiger partial charge >= 0.3 is 0 Å². The smallest absolute Gasteiger partial charge is 0.271 e.